The number of carbonyl (C=O) groups excluding carboxylic acids is 2. The van der Waals surface area contributed by atoms with Crippen LogP contribution in [0.4, 0.5) is 13.6 Å². The summed E-state index contributed by atoms with van der Waals surface area (Å²) < 4.78 is 27.2. The molecule has 0 unspecified atom stereocenters. The quantitative estimate of drug-likeness (QED) is 0.652. The molecule has 0 radical (unpaired) electrons. The maximum absolute atomic E-state index is 13.6. The second kappa shape index (κ2) is 9.66. The van der Waals surface area contributed by atoms with Crippen LogP contribution in [-0.4, -0.2) is 65.0 Å². The first-order valence-corrected chi connectivity index (χ1v) is 12.5. The van der Waals surface area contributed by atoms with Crippen LogP contribution in [0.2, 0.25) is 0 Å². The average Bonchev–Trinajstić information content (AvgIpc) is 3.09. The Balaban J connectivity index is 1.28. The number of imide groups is 1. The Bertz CT molecular complexity index is 1020. The van der Waals surface area contributed by atoms with E-state index in [9.17, 15) is 18.4 Å². The molecule has 6 nitrogen and oxygen atoms in total. The molecular weight excluding hydrogens is 450 g/mol. The van der Waals surface area contributed by atoms with E-state index in [1.165, 1.54) is 29.2 Å². The van der Waals surface area contributed by atoms with E-state index < -0.39 is 5.54 Å². The number of hydrogen-bond acceptors (Lipinski definition) is 4. The van der Waals surface area contributed by atoms with Gasteiger partial charge in [-0.25, -0.2) is 18.5 Å². The first kappa shape index (κ1) is 23.9. The number of hydrogen-bond donors (Lipinski definition) is 1. The van der Waals surface area contributed by atoms with Crippen molar-refractivity contribution in [3.05, 3.63) is 71.3 Å². The molecule has 186 valence electrons. The maximum atomic E-state index is 13.6. The zero-order valence-electron chi connectivity index (χ0n) is 20.1. The highest BCUT2D eigenvalue weighted by atomic mass is 19.1. The van der Waals surface area contributed by atoms with Crippen LogP contribution in [0.1, 0.15) is 49.8 Å². The highest BCUT2D eigenvalue weighted by molar-refractivity contribution is 6.07. The molecule has 1 N–H and O–H groups in total. The summed E-state index contributed by atoms with van der Waals surface area (Å²) in [4.78, 5) is 31.9. The number of rotatable bonds is 5. The van der Waals surface area contributed by atoms with Crippen LogP contribution < -0.4 is 5.32 Å². The molecule has 1 spiro atoms. The number of urea groups is 1. The molecule has 0 bridgehead atoms. The summed E-state index contributed by atoms with van der Waals surface area (Å²) in [5.74, 6) is -0.542. The summed E-state index contributed by atoms with van der Waals surface area (Å²) in [5.41, 5.74) is 1.13. The number of benzene rings is 2. The van der Waals surface area contributed by atoms with Crippen LogP contribution in [0.25, 0.3) is 0 Å². The third kappa shape index (κ3) is 4.57. The van der Waals surface area contributed by atoms with Gasteiger partial charge in [-0.2, -0.15) is 0 Å². The standard InChI is InChI=1S/C27H32F2N4O2/c1-19-4-2-3-13-27(19)25(34)33(26(35)30-27)18-31-14-16-32(17-15-31)24(20-5-9-22(28)10-6-20)21-7-11-23(29)12-8-21/h5-12,19,24H,2-4,13-18H2,1H3,(H,30,35)/t19-,27+/m1/s1. The summed E-state index contributed by atoms with van der Waals surface area (Å²) in [6.45, 7) is 5.10. The minimum absolute atomic E-state index is 0.0902. The van der Waals surface area contributed by atoms with E-state index >= 15 is 0 Å². The third-order valence-electron chi connectivity index (χ3n) is 7.99. The molecule has 2 saturated heterocycles. The predicted molar refractivity (Wildman–Crippen MR) is 128 cm³/mol. The molecule has 1 saturated carbocycles. The van der Waals surface area contributed by atoms with Gasteiger partial charge in [0.15, 0.2) is 0 Å². The number of halogens is 2. The van der Waals surface area contributed by atoms with Gasteiger partial charge in [0.25, 0.3) is 5.91 Å². The predicted octanol–water partition coefficient (Wildman–Crippen LogP) is 4.13. The molecule has 2 heterocycles. The zero-order valence-corrected chi connectivity index (χ0v) is 20.1. The van der Waals surface area contributed by atoms with Crippen molar-refractivity contribution in [2.75, 3.05) is 32.8 Å². The third-order valence-corrected chi connectivity index (χ3v) is 7.99. The van der Waals surface area contributed by atoms with Crippen LogP contribution in [0, 0.1) is 17.6 Å². The Labute approximate surface area is 204 Å². The fourth-order valence-corrected chi connectivity index (χ4v) is 5.89. The van der Waals surface area contributed by atoms with E-state index in [2.05, 4.69) is 22.0 Å². The van der Waals surface area contributed by atoms with Gasteiger partial charge in [-0.15, -0.1) is 0 Å². The molecule has 8 heteroatoms. The number of nitrogens with one attached hydrogen (secondary N) is 1. The largest absolute Gasteiger partial charge is 0.326 e. The van der Waals surface area contributed by atoms with E-state index in [4.69, 9.17) is 0 Å². The van der Waals surface area contributed by atoms with Crippen molar-refractivity contribution >= 4 is 11.9 Å². The van der Waals surface area contributed by atoms with Gasteiger partial charge < -0.3 is 5.32 Å². The molecule has 0 aromatic heterocycles. The second-order valence-corrected chi connectivity index (χ2v) is 10.1. The SMILES string of the molecule is C[C@@H]1CCCC[C@]12NC(=O)N(CN1CCN(C(c3ccc(F)cc3)c3ccc(F)cc3)CC1)C2=O. The lowest BCUT2D eigenvalue weighted by atomic mass is 9.73. The van der Waals surface area contributed by atoms with Gasteiger partial charge in [-0.1, -0.05) is 44.0 Å². The Morgan fingerprint density at radius 2 is 1.49 bits per heavy atom. The molecule has 1 aliphatic carbocycles. The van der Waals surface area contributed by atoms with Crippen LogP contribution in [-0.2, 0) is 4.79 Å². The summed E-state index contributed by atoms with van der Waals surface area (Å²) in [7, 11) is 0. The lowest BCUT2D eigenvalue weighted by Crippen LogP contribution is -2.55. The van der Waals surface area contributed by atoms with Gasteiger partial charge in [0.05, 0.1) is 12.7 Å². The van der Waals surface area contributed by atoms with Crippen LogP contribution in [0.3, 0.4) is 0 Å². The summed E-state index contributed by atoms with van der Waals surface area (Å²) in [5, 5.41) is 3.03. The van der Waals surface area contributed by atoms with Gasteiger partial charge in [-0.05, 0) is 54.2 Å². The summed E-state index contributed by atoms with van der Waals surface area (Å²) in [6.07, 6.45) is 3.71. The van der Waals surface area contributed by atoms with E-state index in [-0.39, 0.29) is 42.2 Å². The van der Waals surface area contributed by atoms with Crippen molar-refractivity contribution < 1.29 is 18.4 Å². The molecule has 2 aliphatic heterocycles. The lowest BCUT2D eigenvalue weighted by Gasteiger charge is -2.41. The molecule has 2 aromatic rings. The van der Waals surface area contributed by atoms with E-state index in [0.717, 1.165) is 30.4 Å². The Hall–Kier alpha value is -2.84. The van der Waals surface area contributed by atoms with Crippen molar-refractivity contribution in [2.45, 2.75) is 44.2 Å². The molecule has 35 heavy (non-hydrogen) atoms. The van der Waals surface area contributed by atoms with Crippen molar-refractivity contribution in [3.8, 4) is 0 Å². The number of nitrogens with zero attached hydrogens (tertiary/aromatic N) is 3. The van der Waals surface area contributed by atoms with Crippen molar-refractivity contribution in [2.24, 2.45) is 5.92 Å². The molecule has 3 fully saturated rings. The van der Waals surface area contributed by atoms with Crippen LogP contribution in [0.5, 0.6) is 0 Å². The summed E-state index contributed by atoms with van der Waals surface area (Å²) in [6, 6.07) is 12.4. The zero-order chi connectivity index (χ0) is 24.6. The first-order valence-electron chi connectivity index (χ1n) is 12.5. The Kier molecular flexibility index (Phi) is 6.59. The van der Waals surface area contributed by atoms with Gasteiger partial charge >= 0.3 is 6.03 Å². The van der Waals surface area contributed by atoms with E-state index in [1.807, 2.05) is 0 Å². The average molecular weight is 483 g/mol. The maximum Gasteiger partial charge on any atom is 0.326 e. The van der Waals surface area contributed by atoms with Gasteiger partial charge in [-0.3, -0.25) is 14.6 Å². The van der Waals surface area contributed by atoms with Gasteiger partial charge in [0.1, 0.15) is 17.2 Å². The Morgan fingerprint density at radius 3 is 2.03 bits per heavy atom. The fourth-order valence-electron chi connectivity index (χ4n) is 5.89. The smallest absolute Gasteiger partial charge is 0.323 e. The lowest BCUT2D eigenvalue weighted by molar-refractivity contribution is -0.136. The van der Waals surface area contributed by atoms with Crippen molar-refractivity contribution in [1.29, 1.82) is 0 Å². The van der Waals surface area contributed by atoms with Gasteiger partial charge in [0.2, 0.25) is 0 Å². The van der Waals surface area contributed by atoms with E-state index in [0.29, 0.717) is 32.6 Å². The number of amides is 3. The molecule has 5 rings (SSSR count). The molecule has 3 amide bonds. The molecule has 3 aliphatic rings. The first-order chi connectivity index (χ1) is 16.9. The minimum Gasteiger partial charge on any atom is -0.323 e. The fraction of sp³-hybridized carbons (Fsp3) is 0.481. The van der Waals surface area contributed by atoms with E-state index in [1.54, 1.807) is 24.3 Å². The highest BCUT2D eigenvalue weighted by Crippen LogP contribution is 2.38. The molecule has 2 aromatic carbocycles. The van der Waals surface area contributed by atoms with Gasteiger partial charge in [0, 0.05) is 26.2 Å². The number of piperazine rings is 1. The highest BCUT2D eigenvalue weighted by Gasteiger charge is 2.55. The van der Waals surface area contributed by atoms with Crippen molar-refractivity contribution in [3.63, 3.8) is 0 Å². The molecular formula is C27H32F2N4O2. The summed E-state index contributed by atoms with van der Waals surface area (Å²) >= 11 is 0. The number of carbonyl (C=O) groups is 2. The topological polar surface area (TPSA) is 55.9 Å². The molecule has 2 atom stereocenters. The van der Waals surface area contributed by atoms with Crippen molar-refractivity contribution in [1.82, 2.24) is 20.0 Å². The van der Waals surface area contributed by atoms with Crippen LogP contribution in [0.15, 0.2) is 48.5 Å². The Morgan fingerprint density at radius 1 is 0.914 bits per heavy atom. The normalized spacial score (nSPS) is 26.1. The van der Waals surface area contributed by atoms with Crippen LogP contribution >= 0.6 is 0 Å². The minimum atomic E-state index is -0.743. The monoisotopic (exact) mass is 482 g/mol. The second-order valence-electron chi connectivity index (χ2n) is 10.1.